The first-order chi connectivity index (χ1) is 7.18. The highest BCUT2D eigenvalue weighted by molar-refractivity contribution is 7.71. The molecule has 0 aliphatic carbocycles. The van der Waals surface area contributed by atoms with Gasteiger partial charge in [-0.05, 0) is 24.3 Å². The van der Waals surface area contributed by atoms with E-state index >= 15 is 0 Å². The molecule has 0 saturated heterocycles. The standard InChI is InChI=1S/C11H7F2NS/c12-9-3-1-2-8(11(9)13)10-6-7(15)4-5-14-10/h1-6H,(H,14,15). The minimum absolute atomic E-state index is 0.182. The fourth-order valence-electron chi connectivity index (χ4n) is 1.31. The van der Waals surface area contributed by atoms with Crippen LogP contribution >= 0.6 is 12.2 Å². The van der Waals surface area contributed by atoms with Gasteiger partial charge in [0.1, 0.15) is 0 Å². The molecule has 1 aromatic heterocycles. The Morgan fingerprint density at radius 1 is 1.13 bits per heavy atom. The van der Waals surface area contributed by atoms with Crippen LogP contribution in [0, 0.1) is 16.1 Å². The number of aromatic nitrogens is 1. The molecule has 4 heteroatoms. The number of hydrogen-bond donors (Lipinski definition) is 1. The molecule has 1 heterocycles. The molecule has 1 nitrogen and oxygen atoms in total. The third-order valence-electron chi connectivity index (χ3n) is 2.01. The predicted octanol–water partition coefficient (Wildman–Crippen LogP) is 3.69. The number of rotatable bonds is 1. The summed E-state index contributed by atoms with van der Waals surface area (Å²) >= 11 is 4.94. The number of halogens is 2. The molecule has 1 N–H and O–H groups in total. The van der Waals surface area contributed by atoms with Gasteiger partial charge in [0, 0.05) is 22.0 Å². The maximum absolute atomic E-state index is 13.4. The fourth-order valence-corrected chi connectivity index (χ4v) is 1.50. The number of aromatic amines is 1. The Kier molecular flexibility index (Phi) is 2.60. The fraction of sp³-hybridized carbons (Fsp3) is 0. The Bertz CT molecular complexity index is 548. The summed E-state index contributed by atoms with van der Waals surface area (Å²) in [5.74, 6) is -1.73. The van der Waals surface area contributed by atoms with Crippen molar-refractivity contribution in [2.75, 3.05) is 0 Å². The van der Waals surface area contributed by atoms with Crippen molar-refractivity contribution in [2.45, 2.75) is 0 Å². The summed E-state index contributed by atoms with van der Waals surface area (Å²) in [7, 11) is 0. The summed E-state index contributed by atoms with van der Waals surface area (Å²) in [6.07, 6.45) is 1.60. The lowest BCUT2D eigenvalue weighted by atomic mass is 10.1. The van der Waals surface area contributed by atoms with Crippen LogP contribution in [0.15, 0.2) is 36.5 Å². The van der Waals surface area contributed by atoms with Crippen LogP contribution in [0.3, 0.4) is 0 Å². The smallest absolute Gasteiger partial charge is 0.168 e. The van der Waals surface area contributed by atoms with Crippen molar-refractivity contribution >= 4 is 12.2 Å². The van der Waals surface area contributed by atoms with Gasteiger partial charge in [0.25, 0.3) is 0 Å². The van der Waals surface area contributed by atoms with E-state index in [1.165, 1.54) is 12.1 Å². The predicted molar refractivity (Wildman–Crippen MR) is 57.0 cm³/mol. The Morgan fingerprint density at radius 3 is 2.67 bits per heavy atom. The second-order valence-electron chi connectivity index (χ2n) is 3.04. The normalized spacial score (nSPS) is 10.3. The topological polar surface area (TPSA) is 15.8 Å². The molecule has 0 amide bonds. The van der Waals surface area contributed by atoms with Gasteiger partial charge >= 0.3 is 0 Å². The Labute approximate surface area is 90.4 Å². The van der Waals surface area contributed by atoms with E-state index in [1.54, 1.807) is 18.3 Å². The highest BCUT2D eigenvalue weighted by atomic mass is 32.1. The van der Waals surface area contributed by atoms with Crippen LogP contribution in [-0.4, -0.2) is 4.98 Å². The van der Waals surface area contributed by atoms with Crippen LogP contribution in [0.2, 0.25) is 0 Å². The summed E-state index contributed by atoms with van der Waals surface area (Å²) in [4.78, 5) is 2.82. The molecular weight excluding hydrogens is 216 g/mol. The van der Waals surface area contributed by atoms with Crippen LogP contribution < -0.4 is 0 Å². The molecule has 0 radical (unpaired) electrons. The van der Waals surface area contributed by atoms with Crippen LogP contribution in [0.5, 0.6) is 0 Å². The van der Waals surface area contributed by atoms with Gasteiger partial charge in [-0.15, -0.1) is 0 Å². The van der Waals surface area contributed by atoms with Crippen molar-refractivity contribution in [3.63, 3.8) is 0 Å². The second-order valence-corrected chi connectivity index (χ2v) is 3.51. The van der Waals surface area contributed by atoms with Gasteiger partial charge in [-0.3, -0.25) is 0 Å². The van der Waals surface area contributed by atoms with Gasteiger partial charge in [0.15, 0.2) is 11.6 Å². The van der Waals surface area contributed by atoms with Crippen LogP contribution in [0.25, 0.3) is 11.3 Å². The van der Waals surface area contributed by atoms with E-state index in [0.717, 1.165) is 6.07 Å². The van der Waals surface area contributed by atoms with Gasteiger partial charge in [-0.25, -0.2) is 8.78 Å². The molecule has 0 fully saturated rings. The maximum Gasteiger partial charge on any atom is 0.168 e. The molecule has 0 aliphatic rings. The molecule has 2 aromatic rings. The van der Waals surface area contributed by atoms with Crippen LogP contribution in [0.4, 0.5) is 8.78 Å². The first-order valence-corrected chi connectivity index (χ1v) is 4.72. The van der Waals surface area contributed by atoms with Gasteiger partial charge in [-0.2, -0.15) is 0 Å². The molecule has 15 heavy (non-hydrogen) atoms. The SMILES string of the molecule is Fc1cccc(-c2cc(=S)cc[nH]2)c1F. The molecule has 1 aromatic carbocycles. The molecule has 76 valence electrons. The molecule has 0 bridgehead atoms. The van der Waals surface area contributed by atoms with Crippen LogP contribution in [-0.2, 0) is 0 Å². The number of H-pyrrole nitrogens is 1. The van der Waals surface area contributed by atoms with Crippen molar-refractivity contribution < 1.29 is 8.78 Å². The Hall–Kier alpha value is -1.55. The molecule has 2 rings (SSSR count). The lowest BCUT2D eigenvalue weighted by Crippen LogP contribution is -1.90. The zero-order valence-electron chi connectivity index (χ0n) is 7.63. The highest BCUT2D eigenvalue weighted by Crippen LogP contribution is 2.22. The first kappa shape index (κ1) is 9.98. The Morgan fingerprint density at radius 2 is 1.93 bits per heavy atom. The van der Waals surface area contributed by atoms with E-state index in [-0.39, 0.29) is 5.56 Å². The van der Waals surface area contributed by atoms with E-state index in [2.05, 4.69) is 4.98 Å². The largest absolute Gasteiger partial charge is 0.361 e. The molecule has 0 saturated carbocycles. The number of hydrogen-bond acceptors (Lipinski definition) is 1. The van der Waals surface area contributed by atoms with Crippen molar-refractivity contribution in [3.05, 3.63) is 52.7 Å². The van der Waals surface area contributed by atoms with Gasteiger partial charge in [0.2, 0.25) is 0 Å². The molecule has 0 aliphatic heterocycles. The van der Waals surface area contributed by atoms with Crippen molar-refractivity contribution in [1.29, 1.82) is 0 Å². The average Bonchev–Trinajstić information content (AvgIpc) is 2.22. The minimum atomic E-state index is -0.866. The van der Waals surface area contributed by atoms with Gasteiger partial charge in [0.05, 0.1) is 0 Å². The van der Waals surface area contributed by atoms with Crippen molar-refractivity contribution in [3.8, 4) is 11.3 Å². The quantitative estimate of drug-likeness (QED) is 0.729. The van der Waals surface area contributed by atoms with E-state index in [9.17, 15) is 8.78 Å². The molecular formula is C11H7F2NS. The molecule has 0 spiro atoms. The van der Waals surface area contributed by atoms with Crippen molar-refractivity contribution in [2.24, 2.45) is 0 Å². The van der Waals surface area contributed by atoms with Crippen LogP contribution in [0.1, 0.15) is 0 Å². The molecule has 0 unspecified atom stereocenters. The lowest BCUT2D eigenvalue weighted by Gasteiger charge is -2.03. The first-order valence-electron chi connectivity index (χ1n) is 4.31. The maximum atomic E-state index is 13.4. The van der Waals surface area contributed by atoms with E-state index in [1.807, 2.05) is 0 Å². The Balaban J connectivity index is 2.64. The summed E-state index contributed by atoms with van der Waals surface area (Å²) in [5.41, 5.74) is 0.654. The van der Waals surface area contributed by atoms with E-state index in [4.69, 9.17) is 12.2 Å². The van der Waals surface area contributed by atoms with Crippen molar-refractivity contribution in [1.82, 2.24) is 4.98 Å². The third-order valence-corrected chi connectivity index (χ3v) is 2.27. The van der Waals surface area contributed by atoms with Gasteiger partial charge < -0.3 is 4.98 Å². The zero-order valence-corrected chi connectivity index (χ0v) is 8.44. The number of benzene rings is 1. The summed E-state index contributed by atoms with van der Waals surface area (Å²) in [6, 6.07) is 7.30. The third kappa shape index (κ3) is 1.94. The number of nitrogens with one attached hydrogen (secondary N) is 1. The zero-order chi connectivity index (χ0) is 10.8. The van der Waals surface area contributed by atoms with E-state index in [0.29, 0.717) is 10.2 Å². The average molecular weight is 223 g/mol. The minimum Gasteiger partial charge on any atom is -0.361 e. The second kappa shape index (κ2) is 3.90. The molecule has 0 atom stereocenters. The number of pyridine rings is 1. The summed E-state index contributed by atoms with van der Waals surface area (Å²) in [5, 5.41) is 0. The van der Waals surface area contributed by atoms with E-state index < -0.39 is 11.6 Å². The summed E-state index contributed by atoms with van der Waals surface area (Å²) < 4.78 is 26.9. The highest BCUT2D eigenvalue weighted by Gasteiger charge is 2.09. The monoisotopic (exact) mass is 223 g/mol. The van der Waals surface area contributed by atoms with Gasteiger partial charge in [-0.1, -0.05) is 18.3 Å². The lowest BCUT2D eigenvalue weighted by molar-refractivity contribution is 0.511. The summed E-state index contributed by atoms with van der Waals surface area (Å²) in [6.45, 7) is 0.